The van der Waals surface area contributed by atoms with Crippen LogP contribution >= 0.6 is 0 Å². The first kappa shape index (κ1) is 18.1. The van der Waals surface area contributed by atoms with E-state index in [1.54, 1.807) is 0 Å². The van der Waals surface area contributed by atoms with E-state index in [1.807, 2.05) is 57.2 Å². The van der Waals surface area contributed by atoms with Gasteiger partial charge >= 0.3 is 0 Å². The molecule has 0 bridgehead atoms. The van der Waals surface area contributed by atoms with Gasteiger partial charge in [-0.1, -0.05) is 12.1 Å². The van der Waals surface area contributed by atoms with Crippen LogP contribution in [0.15, 0.2) is 36.4 Å². The SMILES string of the molecule is CCOc1ccc([C@@H]2CC(=O)Nc3cc(OCC)c(OCC)cc32)cc1. The Kier molecular flexibility index (Phi) is 5.66. The summed E-state index contributed by atoms with van der Waals surface area (Å²) in [5.74, 6) is 2.17. The molecule has 0 unspecified atom stereocenters. The monoisotopic (exact) mass is 355 g/mol. The number of carbonyl (C=O) groups is 1. The molecule has 0 saturated heterocycles. The van der Waals surface area contributed by atoms with Crippen molar-refractivity contribution < 1.29 is 19.0 Å². The second-order valence-corrected chi connectivity index (χ2v) is 6.06. The summed E-state index contributed by atoms with van der Waals surface area (Å²) in [6, 6.07) is 11.8. The molecule has 5 heteroatoms. The third-order valence-electron chi connectivity index (χ3n) is 4.35. The van der Waals surface area contributed by atoms with E-state index in [-0.39, 0.29) is 11.8 Å². The van der Waals surface area contributed by atoms with E-state index in [4.69, 9.17) is 14.2 Å². The molecule has 1 atom stereocenters. The summed E-state index contributed by atoms with van der Waals surface area (Å²) in [7, 11) is 0. The number of nitrogens with one attached hydrogen (secondary N) is 1. The van der Waals surface area contributed by atoms with Gasteiger partial charge in [-0.05, 0) is 50.1 Å². The van der Waals surface area contributed by atoms with Crippen molar-refractivity contribution in [2.24, 2.45) is 0 Å². The summed E-state index contributed by atoms with van der Waals surface area (Å²) in [5, 5.41) is 2.96. The predicted molar refractivity (Wildman–Crippen MR) is 101 cm³/mol. The Bertz CT molecular complexity index is 770. The van der Waals surface area contributed by atoms with Gasteiger partial charge in [0, 0.05) is 24.1 Å². The standard InChI is InChI=1S/C21H25NO4/c1-4-24-15-9-7-14(8-10-15)16-12-21(23)22-18-13-20(26-6-3)19(25-5-2)11-17(16)18/h7-11,13,16H,4-6,12H2,1-3H3,(H,22,23)/t16-/m0/s1. The van der Waals surface area contributed by atoms with Crippen LogP contribution in [0.1, 0.15) is 44.2 Å². The molecule has 138 valence electrons. The molecule has 1 heterocycles. The average Bonchev–Trinajstić information content (AvgIpc) is 2.63. The lowest BCUT2D eigenvalue weighted by molar-refractivity contribution is -0.116. The summed E-state index contributed by atoms with van der Waals surface area (Å²) in [6.07, 6.45) is 0.403. The Morgan fingerprint density at radius 1 is 0.923 bits per heavy atom. The average molecular weight is 355 g/mol. The lowest BCUT2D eigenvalue weighted by Gasteiger charge is -2.27. The Morgan fingerprint density at radius 3 is 2.15 bits per heavy atom. The topological polar surface area (TPSA) is 56.8 Å². The van der Waals surface area contributed by atoms with E-state index < -0.39 is 0 Å². The highest BCUT2D eigenvalue weighted by Gasteiger charge is 2.28. The molecule has 0 spiro atoms. The number of fused-ring (bicyclic) bond motifs is 1. The number of hydrogen-bond donors (Lipinski definition) is 1. The van der Waals surface area contributed by atoms with E-state index in [0.717, 1.165) is 22.6 Å². The minimum atomic E-state index is -0.0238. The van der Waals surface area contributed by atoms with Crippen molar-refractivity contribution in [1.29, 1.82) is 0 Å². The summed E-state index contributed by atoms with van der Waals surface area (Å²) in [4.78, 5) is 12.3. The van der Waals surface area contributed by atoms with Crippen LogP contribution < -0.4 is 19.5 Å². The zero-order valence-electron chi connectivity index (χ0n) is 15.5. The lowest BCUT2D eigenvalue weighted by atomic mass is 9.84. The molecule has 1 aliphatic heterocycles. The molecule has 2 aromatic rings. The van der Waals surface area contributed by atoms with Gasteiger partial charge in [-0.15, -0.1) is 0 Å². The van der Waals surface area contributed by atoms with Crippen molar-refractivity contribution in [2.75, 3.05) is 25.1 Å². The Morgan fingerprint density at radius 2 is 1.54 bits per heavy atom. The van der Waals surface area contributed by atoms with Crippen molar-refractivity contribution in [3.63, 3.8) is 0 Å². The third kappa shape index (κ3) is 3.77. The number of benzene rings is 2. The van der Waals surface area contributed by atoms with Crippen LogP contribution in [0.2, 0.25) is 0 Å². The van der Waals surface area contributed by atoms with Gasteiger partial charge in [-0.25, -0.2) is 0 Å². The van der Waals surface area contributed by atoms with Crippen molar-refractivity contribution in [3.05, 3.63) is 47.5 Å². The molecule has 0 saturated carbocycles. The number of amides is 1. The van der Waals surface area contributed by atoms with Crippen LogP contribution in [0.25, 0.3) is 0 Å². The predicted octanol–water partition coefficient (Wildman–Crippen LogP) is 4.36. The molecule has 1 N–H and O–H groups in total. The van der Waals surface area contributed by atoms with Crippen LogP contribution in [0.3, 0.4) is 0 Å². The Labute approximate surface area is 154 Å². The Balaban J connectivity index is 2.01. The van der Waals surface area contributed by atoms with Gasteiger partial charge in [0.15, 0.2) is 11.5 Å². The first-order valence-corrected chi connectivity index (χ1v) is 9.12. The minimum absolute atomic E-state index is 0.00277. The van der Waals surface area contributed by atoms with Gasteiger partial charge in [-0.2, -0.15) is 0 Å². The van der Waals surface area contributed by atoms with E-state index >= 15 is 0 Å². The van der Waals surface area contributed by atoms with Gasteiger partial charge in [0.05, 0.1) is 19.8 Å². The first-order chi connectivity index (χ1) is 12.7. The normalized spacial score (nSPS) is 15.8. The molecule has 26 heavy (non-hydrogen) atoms. The molecular formula is C21H25NO4. The molecule has 2 aromatic carbocycles. The molecule has 3 rings (SSSR count). The molecule has 0 aliphatic carbocycles. The molecule has 0 radical (unpaired) electrons. The molecular weight excluding hydrogens is 330 g/mol. The van der Waals surface area contributed by atoms with Crippen LogP contribution in [0.4, 0.5) is 5.69 Å². The van der Waals surface area contributed by atoms with Gasteiger partial charge in [0.1, 0.15) is 5.75 Å². The fourth-order valence-corrected chi connectivity index (χ4v) is 3.27. The lowest BCUT2D eigenvalue weighted by Crippen LogP contribution is -2.23. The third-order valence-corrected chi connectivity index (χ3v) is 4.35. The van der Waals surface area contributed by atoms with Crippen molar-refractivity contribution in [3.8, 4) is 17.2 Å². The van der Waals surface area contributed by atoms with Gasteiger partial charge in [0.2, 0.25) is 5.91 Å². The molecule has 0 aromatic heterocycles. The highest BCUT2D eigenvalue weighted by atomic mass is 16.5. The Hall–Kier alpha value is -2.69. The smallest absolute Gasteiger partial charge is 0.225 e. The van der Waals surface area contributed by atoms with Crippen LogP contribution in [0.5, 0.6) is 17.2 Å². The fraction of sp³-hybridized carbons (Fsp3) is 0.381. The highest BCUT2D eigenvalue weighted by molar-refractivity contribution is 5.96. The van der Waals surface area contributed by atoms with Crippen LogP contribution in [-0.2, 0) is 4.79 Å². The summed E-state index contributed by atoms with van der Waals surface area (Å²) in [5.41, 5.74) is 2.91. The number of rotatable bonds is 7. The van der Waals surface area contributed by atoms with Crippen LogP contribution in [0, 0.1) is 0 Å². The van der Waals surface area contributed by atoms with Crippen molar-refractivity contribution >= 4 is 11.6 Å². The quantitative estimate of drug-likeness (QED) is 0.802. The van der Waals surface area contributed by atoms with Crippen molar-refractivity contribution in [1.82, 2.24) is 0 Å². The van der Waals surface area contributed by atoms with Gasteiger partial charge in [-0.3, -0.25) is 4.79 Å². The maximum atomic E-state index is 12.3. The fourth-order valence-electron chi connectivity index (χ4n) is 3.27. The van der Waals surface area contributed by atoms with E-state index in [1.165, 1.54) is 0 Å². The van der Waals surface area contributed by atoms with Gasteiger partial charge < -0.3 is 19.5 Å². The number of carbonyl (C=O) groups excluding carboxylic acids is 1. The second-order valence-electron chi connectivity index (χ2n) is 6.06. The highest BCUT2D eigenvalue weighted by Crippen LogP contribution is 2.43. The molecule has 0 fully saturated rings. The van der Waals surface area contributed by atoms with E-state index in [9.17, 15) is 4.79 Å². The molecule has 1 aliphatic rings. The summed E-state index contributed by atoms with van der Waals surface area (Å²) in [6.45, 7) is 7.55. The van der Waals surface area contributed by atoms with E-state index in [0.29, 0.717) is 37.7 Å². The number of ether oxygens (including phenoxy) is 3. The maximum Gasteiger partial charge on any atom is 0.225 e. The van der Waals surface area contributed by atoms with E-state index in [2.05, 4.69) is 5.32 Å². The first-order valence-electron chi connectivity index (χ1n) is 9.12. The largest absolute Gasteiger partial charge is 0.494 e. The zero-order valence-corrected chi connectivity index (χ0v) is 15.5. The minimum Gasteiger partial charge on any atom is -0.494 e. The van der Waals surface area contributed by atoms with Crippen LogP contribution in [-0.4, -0.2) is 25.7 Å². The molecule has 5 nitrogen and oxygen atoms in total. The van der Waals surface area contributed by atoms with Crippen molar-refractivity contribution in [2.45, 2.75) is 33.1 Å². The maximum absolute atomic E-state index is 12.3. The number of anilines is 1. The zero-order chi connectivity index (χ0) is 18.5. The molecule has 1 amide bonds. The summed E-state index contributed by atoms with van der Waals surface area (Å²) >= 11 is 0. The number of hydrogen-bond acceptors (Lipinski definition) is 4. The van der Waals surface area contributed by atoms with Gasteiger partial charge in [0.25, 0.3) is 0 Å². The second kappa shape index (κ2) is 8.13. The summed E-state index contributed by atoms with van der Waals surface area (Å²) < 4.78 is 17.0.